The van der Waals surface area contributed by atoms with Crippen LogP contribution in [0.4, 0.5) is 14.4 Å². The molecule has 0 saturated heterocycles. The van der Waals surface area contributed by atoms with Gasteiger partial charge in [0, 0.05) is 0 Å². The summed E-state index contributed by atoms with van der Waals surface area (Å²) in [6.45, 7) is 6.62. The maximum Gasteiger partial charge on any atom is 0.426 e. The van der Waals surface area contributed by atoms with Crippen molar-refractivity contribution < 1.29 is 23.9 Å². The van der Waals surface area contributed by atoms with Gasteiger partial charge in [0.15, 0.2) is 0 Å². The summed E-state index contributed by atoms with van der Waals surface area (Å²) in [5.41, 5.74) is 7.83. The molecule has 0 unspecified atom stereocenters. The van der Waals surface area contributed by atoms with Crippen LogP contribution >= 0.6 is 0 Å². The van der Waals surface area contributed by atoms with Crippen molar-refractivity contribution in [3.05, 3.63) is 0 Å². The van der Waals surface area contributed by atoms with Gasteiger partial charge >= 0.3 is 18.2 Å². The number of carbonyl (C=O) groups excluding carboxylic acids is 3. The molecule has 0 fully saturated rings. The van der Waals surface area contributed by atoms with Crippen LogP contribution in [0.3, 0.4) is 0 Å². The summed E-state index contributed by atoms with van der Waals surface area (Å²) in [5, 5.41) is 0. The van der Waals surface area contributed by atoms with Gasteiger partial charge in [-0.25, -0.2) is 36.1 Å². The first-order chi connectivity index (χ1) is 8.31. The smallest absolute Gasteiger partial charge is 0.426 e. The van der Waals surface area contributed by atoms with Crippen molar-refractivity contribution in [2.75, 3.05) is 0 Å². The first kappa shape index (κ1) is 15.8. The van der Waals surface area contributed by atoms with E-state index in [1.165, 1.54) is 0 Å². The van der Waals surface area contributed by atoms with E-state index < -0.39 is 18.2 Å². The van der Waals surface area contributed by atoms with Crippen LogP contribution in [0.2, 0.25) is 0 Å². The minimum atomic E-state index is -0.851. The first-order valence-corrected chi connectivity index (χ1v) is 5.30. The van der Waals surface area contributed by atoms with E-state index in [-0.39, 0.29) is 12.2 Å². The molecule has 0 radical (unpaired) electrons. The van der Waals surface area contributed by atoms with Gasteiger partial charge < -0.3 is 9.47 Å². The predicted octanol–water partition coefficient (Wildman–Crippen LogP) is 0.385. The molecule has 9 nitrogen and oxygen atoms in total. The summed E-state index contributed by atoms with van der Waals surface area (Å²) in [7, 11) is 0. The molecule has 0 spiro atoms. The molecule has 0 bridgehead atoms. The van der Waals surface area contributed by atoms with Gasteiger partial charge in [-0.1, -0.05) is 0 Å². The third-order valence-electron chi connectivity index (χ3n) is 1.24. The lowest BCUT2D eigenvalue weighted by molar-refractivity contribution is 0.109. The van der Waals surface area contributed by atoms with Gasteiger partial charge in [-0.05, 0) is 27.7 Å². The molecule has 0 aromatic carbocycles. The Morgan fingerprint density at radius 2 is 1.06 bits per heavy atom. The van der Waals surface area contributed by atoms with E-state index >= 15 is 0 Å². The van der Waals surface area contributed by atoms with Crippen molar-refractivity contribution in [1.29, 1.82) is 0 Å². The van der Waals surface area contributed by atoms with Crippen LogP contribution in [0.25, 0.3) is 0 Å². The van der Waals surface area contributed by atoms with Crippen LogP contribution in [0.15, 0.2) is 0 Å². The summed E-state index contributed by atoms with van der Waals surface area (Å²) in [4.78, 5) is 33.0. The van der Waals surface area contributed by atoms with Crippen LogP contribution < -0.4 is 21.7 Å². The highest BCUT2D eigenvalue weighted by atomic mass is 16.6. The molecular weight excluding hydrogens is 244 g/mol. The van der Waals surface area contributed by atoms with E-state index in [0.29, 0.717) is 0 Å². The van der Waals surface area contributed by atoms with Gasteiger partial charge in [-0.15, -0.1) is 0 Å². The van der Waals surface area contributed by atoms with E-state index in [9.17, 15) is 14.4 Å². The van der Waals surface area contributed by atoms with Crippen molar-refractivity contribution in [2.24, 2.45) is 0 Å². The molecule has 0 atom stereocenters. The van der Waals surface area contributed by atoms with Gasteiger partial charge in [0.25, 0.3) is 0 Å². The highest BCUT2D eigenvalue weighted by Crippen LogP contribution is 1.87. The standard InChI is InChI=1S/C9H18N4O5/c1-5(2)17-8(15)12-10-7(14)11-13-9(16)18-6(3)4/h5-6H,1-4H3,(H,12,15)(H,13,16)(H2,10,11,14). The van der Waals surface area contributed by atoms with Crippen LogP contribution in [0, 0.1) is 0 Å². The van der Waals surface area contributed by atoms with Crippen molar-refractivity contribution in [2.45, 2.75) is 39.9 Å². The van der Waals surface area contributed by atoms with Gasteiger partial charge in [0.05, 0.1) is 12.2 Å². The Bertz CT molecular complexity index is 277. The van der Waals surface area contributed by atoms with E-state index in [1.807, 2.05) is 21.7 Å². The average Bonchev–Trinajstić information content (AvgIpc) is 2.21. The topological polar surface area (TPSA) is 118 Å². The monoisotopic (exact) mass is 262 g/mol. The van der Waals surface area contributed by atoms with Crippen LogP contribution in [-0.2, 0) is 9.47 Å². The molecule has 9 heteroatoms. The number of hydrogen-bond acceptors (Lipinski definition) is 5. The van der Waals surface area contributed by atoms with Crippen LogP contribution in [0.1, 0.15) is 27.7 Å². The minimum absolute atomic E-state index is 0.311. The second-order valence-corrected chi connectivity index (χ2v) is 3.74. The SMILES string of the molecule is CC(C)OC(=O)NNC(=O)NNC(=O)OC(C)C. The summed E-state index contributed by atoms with van der Waals surface area (Å²) >= 11 is 0. The summed E-state index contributed by atoms with van der Waals surface area (Å²) < 4.78 is 9.35. The Kier molecular flexibility index (Phi) is 7.01. The van der Waals surface area contributed by atoms with Crippen molar-refractivity contribution >= 4 is 18.2 Å². The first-order valence-electron chi connectivity index (χ1n) is 5.30. The van der Waals surface area contributed by atoms with Crippen LogP contribution in [-0.4, -0.2) is 30.4 Å². The predicted molar refractivity (Wildman–Crippen MR) is 61.2 cm³/mol. The average molecular weight is 262 g/mol. The maximum atomic E-state index is 11.1. The summed E-state index contributed by atoms with van der Waals surface area (Å²) in [6.07, 6.45) is -2.25. The number of nitrogens with one attached hydrogen (secondary N) is 4. The Morgan fingerprint density at radius 3 is 1.33 bits per heavy atom. The quantitative estimate of drug-likeness (QED) is 0.537. The van der Waals surface area contributed by atoms with Crippen molar-refractivity contribution in [3.8, 4) is 0 Å². The lowest BCUT2D eigenvalue weighted by Gasteiger charge is -2.12. The van der Waals surface area contributed by atoms with E-state index in [1.54, 1.807) is 27.7 Å². The van der Waals surface area contributed by atoms with E-state index in [4.69, 9.17) is 0 Å². The molecule has 0 aliphatic heterocycles. The van der Waals surface area contributed by atoms with Crippen LogP contribution in [0.5, 0.6) is 0 Å². The summed E-state index contributed by atoms with van der Waals surface area (Å²) in [6, 6.07) is -0.851. The number of amides is 4. The number of rotatable bonds is 2. The third kappa shape index (κ3) is 9.07. The fraction of sp³-hybridized carbons (Fsp3) is 0.667. The summed E-state index contributed by atoms with van der Waals surface area (Å²) in [5.74, 6) is 0. The largest absolute Gasteiger partial charge is 0.446 e. The van der Waals surface area contributed by atoms with Gasteiger partial charge in [-0.3, -0.25) is 0 Å². The van der Waals surface area contributed by atoms with Crippen molar-refractivity contribution in [3.63, 3.8) is 0 Å². The Labute approximate surface area is 105 Å². The molecule has 18 heavy (non-hydrogen) atoms. The molecule has 0 rings (SSSR count). The van der Waals surface area contributed by atoms with E-state index in [0.717, 1.165) is 0 Å². The molecule has 0 saturated carbocycles. The van der Waals surface area contributed by atoms with Gasteiger partial charge in [0.1, 0.15) is 0 Å². The lowest BCUT2D eigenvalue weighted by atomic mass is 10.5. The van der Waals surface area contributed by atoms with Gasteiger partial charge in [-0.2, -0.15) is 0 Å². The number of hydrogen-bond donors (Lipinski definition) is 4. The molecule has 0 aliphatic rings. The number of urea groups is 1. The molecule has 0 heterocycles. The molecule has 4 amide bonds. The fourth-order valence-electron chi connectivity index (χ4n) is 0.734. The number of hydrazine groups is 2. The Morgan fingerprint density at radius 1 is 0.722 bits per heavy atom. The normalized spacial score (nSPS) is 9.67. The zero-order valence-corrected chi connectivity index (χ0v) is 10.7. The number of ether oxygens (including phenoxy) is 2. The minimum Gasteiger partial charge on any atom is -0.446 e. The molecule has 104 valence electrons. The molecule has 4 N–H and O–H groups in total. The zero-order chi connectivity index (χ0) is 14.1. The molecule has 0 aromatic heterocycles. The highest BCUT2D eigenvalue weighted by molar-refractivity contribution is 5.79. The second-order valence-electron chi connectivity index (χ2n) is 3.74. The Hall–Kier alpha value is -2.19. The Balaban J connectivity index is 3.72. The molecule has 0 aromatic rings. The lowest BCUT2D eigenvalue weighted by Crippen LogP contribution is -2.53. The van der Waals surface area contributed by atoms with E-state index in [2.05, 4.69) is 9.47 Å². The molecule has 0 aliphatic carbocycles. The number of carbonyl (C=O) groups is 3. The van der Waals surface area contributed by atoms with Crippen molar-refractivity contribution in [1.82, 2.24) is 21.7 Å². The van der Waals surface area contributed by atoms with Gasteiger partial charge in [0.2, 0.25) is 0 Å². The zero-order valence-electron chi connectivity index (χ0n) is 10.7. The molecular formula is C9H18N4O5. The second kappa shape index (κ2) is 7.98. The highest BCUT2D eigenvalue weighted by Gasteiger charge is 2.08. The maximum absolute atomic E-state index is 11.1. The fourth-order valence-corrected chi connectivity index (χ4v) is 0.734. The third-order valence-corrected chi connectivity index (χ3v) is 1.24.